The summed E-state index contributed by atoms with van der Waals surface area (Å²) in [6, 6.07) is 0.241. The van der Waals surface area contributed by atoms with Gasteiger partial charge in [0.25, 0.3) is 0 Å². The number of nitrogens with one attached hydrogen (secondary N) is 1. The van der Waals surface area contributed by atoms with E-state index < -0.39 is 0 Å². The number of aryl methyl sites for hydroxylation is 1. The number of rotatable bonds is 10. The van der Waals surface area contributed by atoms with E-state index in [4.69, 9.17) is 0 Å². The van der Waals surface area contributed by atoms with Gasteiger partial charge in [0.1, 0.15) is 0 Å². The maximum Gasteiger partial charge on any atom is 0.246 e. The van der Waals surface area contributed by atoms with Crippen LogP contribution >= 0.6 is 11.8 Å². The van der Waals surface area contributed by atoms with Crippen LogP contribution < -0.4 is 5.32 Å². The van der Waals surface area contributed by atoms with Gasteiger partial charge in [0.05, 0.1) is 12.1 Å². The van der Waals surface area contributed by atoms with Gasteiger partial charge < -0.3 is 15.1 Å². The number of tetrazole rings is 1. The molecule has 2 aliphatic rings. The molecule has 2 aliphatic heterocycles. The second-order valence-corrected chi connectivity index (χ2v) is 10.3. The van der Waals surface area contributed by atoms with Crippen molar-refractivity contribution in [1.29, 1.82) is 0 Å². The predicted octanol–water partition coefficient (Wildman–Crippen LogP) is 2.14. The Morgan fingerprint density at radius 3 is 2.77 bits per heavy atom. The first-order valence-electron chi connectivity index (χ1n) is 11.6. The van der Waals surface area contributed by atoms with E-state index in [0.717, 1.165) is 82.4 Å². The van der Waals surface area contributed by atoms with Crippen molar-refractivity contribution in [2.45, 2.75) is 64.1 Å². The Labute approximate surface area is 191 Å². The van der Waals surface area contributed by atoms with Gasteiger partial charge in [0.2, 0.25) is 5.91 Å². The highest BCUT2D eigenvalue weighted by Gasteiger charge is 2.42. The van der Waals surface area contributed by atoms with Crippen molar-refractivity contribution in [1.82, 2.24) is 35.3 Å². The van der Waals surface area contributed by atoms with E-state index in [2.05, 4.69) is 52.4 Å². The van der Waals surface area contributed by atoms with Crippen molar-refractivity contribution in [3.63, 3.8) is 0 Å². The number of amides is 1. The Kier molecular flexibility index (Phi) is 8.92. The van der Waals surface area contributed by atoms with Crippen molar-refractivity contribution in [3.05, 3.63) is 18.5 Å². The van der Waals surface area contributed by atoms with Crippen LogP contribution in [0.5, 0.6) is 0 Å². The average Bonchev–Trinajstić information content (AvgIpc) is 3.26. The van der Waals surface area contributed by atoms with Crippen molar-refractivity contribution in [3.8, 4) is 0 Å². The second kappa shape index (κ2) is 11.4. The molecular weight excluding hydrogens is 410 g/mol. The summed E-state index contributed by atoms with van der Waals surface area (Å²) in [7, 11) is 0. The minimum atomic E-state index is -0.249. The summed E-state index contributed by atoms with van der Waals surface area (Å²) in [5, 5.41) is 16.8. The highest BCUT2D eigenvalue weighted by molar-refractivity contribution is 7.98. The molecule has 0 aliphatic carbocycles. The third-order valence-electron chi connectivity index (χ3n) is 6.59. The van der Waals surface area contributed by atoms with Gasteiger partial charge in [-0.1, -0.05) is 20.4 Å². The summed E-state index contributed by atoms with van der Waals surface area (Å²) < 4.78 is 1.99. The standard InChI is InChI=1S/C22H39N7OS/c1-5-20(30)28-11-6-7-19(17-28)23-22(21-24-25-26-29(21)15-16-31-4)9-13-27(14-10-22)12-8-18(2)3/h5,18-19,23H,1,6-17H2,2-4H3. The minimum Gasteiger partial charge on any atom is -0.338 e. The van der Waals surface area contributed by atoms with E-state index in [1.165, 1.54) is 12.5 Å². The molecule has 31 heavy (non-hydrogen) atoms. The quantitative estimate of drug-likeness (QED) is 0.548. The van der Waals surface area contributed by atoms with Crippen LogP contribution in [0, 0.1) is 5.92 Å². The summed E-state index contributed by atoms with van der Waals surface area (Å²) in [4.78, 5) is 16.7. The number of likely N-dealkylation sites (tertiary alicyclic amines) is 2. The Hall–Kier alpha value is -1.45. The molecule has 1 amide bonds. The van der Waals surface area contributed by atoms with E-state index in [1.54, 1.807) is 11.8 Å². The Bertz CT molecular complexity index is 714. The van der Waals surface area contributed by atoms with Crippen LogP contribution in [-0.2, 0) is 16.9 Å². The lowest BCUT2D eigenvalue weighted by atomic mass is 9.84. The van der Waals surface area contributed by atoms with Crippen molar-refractivity contribution >= 4 is 17.7 Å². The Balaban J connectivity index is 1.77. The van der Waals surface area contributed by atoms with E-state index >= 15 is 0 Å². The number of carbonyl (C=O) groups is 1. The molecule has 1 N–H and O–H groups in total. The summed E-state index contributed by atoms with van der Waals surface area (Å²) in [5.41, 5.74) is -0.249. The highest BCUT2D eigenvalue weighted by atomic mass is 32.2. The van der Waals surface area contributed by atoms with Crippen LogP contribution in [0.4, 0.5) is 0 Å². The zero-order chi connectivity index (χ0) is 22.3. The third-order valence-corrected chi connectivity index (χ3v) is 7.18. The fourth-order valence-electron chi connectivity index (χ4n) is 4.72. The van der Waals surface area contributed by atoms with Gasteiger partial charge in [-0.25, -0.2) is 4.68 Å². The minimum absolute atomic E-state index is 0.0221. The summed E-state index contributed by atoms with van der Waals surface area (Å²) in [5.74, 6) is 2.69. The van der Waals surface area contributed by atoms with Gasteiger partial charge >= 0.3 is 0 Å². The Morgan fingerprint density at radius 2 is 2.10 bits per heavy atom. The van der Waals surface area contributed by atoms with E-state index in [9.17, 15) is 4.79 Å². The monoisotopic (exact) mass is 449 g/mol. The zero-order valence-corrected chi connectivity index (χ0v) is 20.2. The van der Waals surface area contributed by atoms with Gasteiger partial charge in [-0.05, 0) is 67.3 Å². The molecule has 174 valence electrons. The van der Waals surface area contributed by atoms with Gasteiger partial charge in [-0.3, -0.25) is 4.79 Å². The number of hydrogen-bond acceptors (Lipinski definition) is 7. The van der Waals surface area contributed by atoms with Crippen LogP contribution in [-0.4, -0.2) is 86.7 Å². The molecule has 8 nitrogen and oxygen atoms in total. The van der Waals surface area contributed by atoms with Crippen LogP contribution in [0.2, 0.25) is 0 Å². The normalized spacial score (nSPS) is 22.1. The van der Waals surface area contributed by atoms with Crippen LogP contribution in [0.15, 0.2) is 12.7 Å². The topological polar surface area (TPSA) is 79.2 Å². The average molecular weight is 450 g/mol. The largest absolute Gasteiger partial charge is 0.338 e. The molecular formula is C22H39N7OS. The number of piperidine rings is 2. The second-order valence-electron chi connectivity index (χ2n) is 9.30. The van der Waals surface area contributed by atoms with Crippen LogP contribution in [0.3, 0.4) is 0 Å². The summed E-state index contributed by atoms with van der Waals surface area (Å²) in [6.45, 7) is 13.8. The van der Waals surface area contributed by atoms with Crippen molar-refractivity contribution in [2.24, 2.45) is 5.92 Å². The first-order chi connectivity index (χ1) is 15.0. The number of nitrogens with zero attached hydrogens (tertiary/aromatic N) is 6. The van der Waals surface area contributed by atoms with Crippen LogP contribution in [0.25, 0.3) is 0 Å². The predicted molar refractivity (Wildman–Crippen MR) is 126 cm³/mol. The van der Waals surface area contributed by atoms with E-state index in [0.29, 0.717) is 0 Å². The van der Waals surface area contributed by atoms with E-state index in [-0.39, 0.29) is 17.5 Å². The molecule has 9 heteroatoms. The summed E-state index contributed by atoms with van der Waals surface area (Å²) >= 11 is 1.81. The first-order valence-corrected chi connectivity index (χ1v) is 13.0. The molecule has 0 spiro atoms. The zero-order valence-electron chi connectivity index (χ0n) is 19.4. The number of aromatic nitrogens is 4. The maximum atomic E-state index is 12.2. The fraction of sp³-hybridized carbons (Fsp3) is 0.818. The smallest absolute Gasteiger partial charge is 0.246 e. The molecule has 1 atom stereocenters. The molecule has 1 aromatic rings. The van der Waals surface area contributed by atoms with Gasteiger partial charge in [-0.2, -0.15) is 11.8 Å². The molecule has 2 saturated heterocycles. The van der Waals surface area contributed by atoms with Gasteiger partial charge in [0, 0.05) is 38.0 Å². The van der Waals surface area contributed by atoms with Crippen LogP contribution in [0.1, 0.15) is 51.8 Å². The number of hydrogen-bond donors (Lipinski definition) is 1. The lowest BCUT2D eigenvalue weighted by Gasteiger charge is -2.45. The fourth-order valence-corrected chi connectivity index (χ4v) is 5.08. The molecule has 0 bridgehead atoms. The van der Waals surface area contributed by atoms with Crippen molar-refractivity contribution < 1.29 is 4.79 Å². The van der Waals surface area contributed by atoms with Gasteiger partial charge in [0.15, 0.2) is 5.82 Å². The molecule has 0 saturated carbocycles. The molecule has 0 aromatic carbocycles. The molecule has 1 aromatic heterocycles. The Morgan fingerprint density at radius 1 is 1.32 bits per heavy atom. The molecule has 3 rings (SSSR count). The third kappa shape index (κ3) is 6.29. The SMILES string of the molecule is C=CC(=O)N1CCCC(NC2(c3nnnn3CCSC)CCN(CCC(C)C)CC2)C1. The lowest BCUT2D eigenvalue weighted by Crippen LogP contribution is -2.59. The number of thioether (sulfide) groups is 1. The molecule has 2 fully saturated rings. The lowest BCUT2D eigenvalue weighted by molar-refractivity contribution is -0.127. The molecule has 1 unspecified atom stereocenters. The van der Waals surface area contributed by atoms with Gasteiger partial charge in [-0.15, -0.1) is 5.10 Å². The maximum absolute atomic E-state index is 12.2. The number of carbonyl (C=O) groups excluding carboxylic acids is 1. The highest BCUT2D eigenvalue weighted by Crippen LogP contribution is 2.33. The molecule has 0 radical (unpaired) electrons. The summed E-state index contributed by atoms with van der Waals surface area (Å²) in [6.07, 6.45) is 8.80. The molecule has 3 heterocycles. The van der Waals surface area contributed by atoms with Crippen molar-refractivity contribution in [2.75, 3.05) is 44.7 Å². The van der Waals surface area contributed by atoms with E-state index in [1.807, 2.05) is 9.58 Å². The first kappa shape index (κ1) is 24.2.